The highest BCUT2D eigenvalue weighted by atomic mass is 16.2. The molecular weight excluding hydrogens is 266 g/mol. The smallest absolute Gasteiger partial charge is 0.242 e. The highest BCUT2D eigenvalue weighted by Gasteiger charge is 2.30. The zero-order valence-electron chi connectivity index (χ0n) is 12.7. The molecule has 0 radical (unpaired) electrons. The van der Waals surface area contributed by atoms with Gasteiger partial charge in [0.2, 0.25) is 11.8 Å². The lowest BCUT2D eigenvalue weighted by Gasteiger charge is -2.35. The third-order valence-corrected chi connectivity index (χ3v) is 3.77. The second-order valence-corrected chi connectivity index (χ2v) is 5.61. The van der Waals surface area contributed by atoms with Gasteiger partial charge in [-0.2, -0.15) is 0 Å². The Hall–Kier alpha value is -1.88. The Morgan fingerprint density at radius 3 is 2.29 bits per heavy atom. The van der Waals surface area contributed by atoms with E-state index >= 15 is 0 Å². The average molecular weight is 289 g/mol. The van der Waals surface area contributed by atoms with E-state index in [-0.39, 0.29) is 30.9 Å². The van der Waals surface area contributed by atoms with Crippen molar-refractivity contribution in [3.05, 3.63) is 35.4 Å². The summed E-state index contributed by atoms with van der Waals surface area (Å²) in [6, 6.07) is 7.68. The van der Waals surface area contributed by atoms with E-state index in [1.165, 1.54) is 5.56 Å². The maximum Gasteiger partial charge on any atom is 0.242 e. The third kappa shape index (κ3) is 3.82. The number of aryl methyl sites for hydroxylation is 1. The minimum Gasteiger partial charge on any atom is -0.332 e. The van der Waals surface area contributed by atoms with Crippen molar-refractivity contribution in [2.75, 3.05) is 26.2 Å². The number of piperazine rings is 1. The quantitative estimate of drug-likeness (QED) is 0.882. The summed E-state index contributed by atoms with van der Waals surface area (Å²) >= 11 is 0. The molecule has 1 aliphatic rings. The van der Waals surface area contributed by atoms with Crippen LogP contribution in [0.4, 0.5) is 0 Å². The number of rotatable bonds is 5. The topological polar surface area (TPSA) is 66.6 Å². The number of carbonyl (C=O) groups excluding carboxylic acids is 2. The fraction of sp³-hybridized carbons (Fsp3) is 0.500. The Kier molecular flexibility index (Phi) is 4.96. The lowest BCUT2D eigenvalue weighted by atomic mass is 10.1. The Morgan fingerprint density at radius 1 is 1.10 bits per heavy atom. The van der Waals surface area contributed by atoms with Gasteiger partial charge in [-0.25, -0.2) is 0 Å². The highest BCUT2D eigenvalue weighted by Crippen LogP contribution is 2.15. The minimum absolute atomic E-state index is 0.00700. The molecule has 1 saturated heterocycles. The van der Waals surface area contributed by atoms with E-state index in [9.17, 15) is 9.59 Å². The molecule has 1 aromatic carbocycles. The predicted octanol–water partition coefficient (Wildman–Crippen LogP) is 1.08. The molecule has 5 heteroatoms. The van der Waals surface area contributed by atoms with E-state index in [0.717, 1.165) is 12.0 Å². The van der Waals surface area contributed by atoms with Crippen LogP contribution in [0.15, 0.2) is 24.3 Å². The number of carbonyl (C=O) groups is 2. The van der Waals surface area contributed by atoms with Crippen molar-refractivity contribution in [2.24, 2.45) is 5.73 Å². The zero-order chi connectivity index (χ0) is 15.4. The average Bonchev–Trinajstić information content (AvgIpc) is 2.45. The first-order valence-electron chi connectivity index (χ1n) is 7.39. The van der Waals surface area contributed by atoms with Crippen LogP contribution in [0, 0.1) is 6.92 Å². The second kappa shape index (κ2) is 6.72. The molecule has 2 amide bonds. The lowest BCUT2D eigenvalue weighted by Crippen LogP contribution is -2.55. The summed E-state index contributed by atoms with van der Waals surface area (Å²) in [4.78, 5) is 27.3. The van der Waals surface area contributed by atoms with Crippen LogP contribution < -0.4 is 5.73 Å². The van der Waals surface area contributed by atoms with Crippen LogP contribution in [0.1, 0.15) is 30.5 Å². The van der Waals surface area contributed by atoms with Gasteiger partial charge in [0, 0.05) is 19.1 Å². The molecule has 1 unspecified atom stereocenters. The maximum atomic E-state index is 12.1. The lowest BCUT2D eigenvalue weighted by molar-refractivity contribution is -0.150. The largest absolute Gasteiger partial charge is 0.332 e. The molecule has 21 heavy (non-hydrogen) atoms. The number of hydrogen-bond acceptors (Lipinski definition) is 3. The molecule has 5 nitrogen and oxygen atoms in total. The molecular formula is C16H23N3O2. The Morgan fingerprint density at radius 2 is 1.67 bits per heavy atom. The van der Waals surface area contributed by atoms with Crippen molar-refractivity contribution in [3.8, 4) is 0 Å². The van der Waals surface area contributed by atoms with Crippen LogP contribution in [0.25, 0.3) is 0 Å². The Balaban J connectivity index is 1.98. The van der Waals surface area contributed by atoms with Crippen LogP contribution in [0.3, 0.4) is 0 Å². The van der Waals surface area contributed by atoms with Crippen molar-refractivity contribution >= 4 is 11.8 Å². The van der Waals surface area contributed by atoms with Gasteiger partial charge in [-0.15, -0.1) is 0 Å². The molecule has 2 N–H and O–H groups in total. The van der Waals surface area contributed by atoms with Crippen LogP contribution in [0.5, 0.6) is 0 Å². The van der Waals surface area contributed by atoms with Gasteiger partial charge in [0.15, 0.2) is 0 Å². The molecule has 114 valence electrons. The van der Waals surface area contributed by atoms with Gasteiger partial charge in [-0.05, 0) is 18.9 Å². The summed E-state index contributed by atoms with van der Waals surface area (Å²) in [6.45, 7) is 5.35. The normalized spacial score (nSPS) is 17.3. The maximum absolute atomic E-state index is 12.1. The number of nitrogens with two attached hydrogens (primary N) is 1. The number of amides is 2. The molecule has 2 rings (SSSR count). The van der Waals surface area contributed by atoms with Crippen molar-refractivity contribution in [1.82, 2.24) is 9.80 Å². The SMILES string of the molecule is CCCN1CC(=O)N(CC(N)c2ccc(C)cc2)CC1=O. The first kappa shape index (κ1) is 15.5. The minimum atomic E-state index is -0.264. The number of benzene rings is 1. The summed E-state index contributed by atoms with van der Waals surface area (Å²) < 4.78 is 0. The monoisotopic (exact) mass is 289 g/mol. The summed E-state index contributed by atoms with van der Waals surface area (Å²) in [6.07, 6.45) is 0.863. The van der Waals surface area contributed by atoms with Crippen LogP contribution in [-0.4, -0.2) is 47.8 Å². The molecule has 1 atom stereocenters. The van der Waals surface area contributed by atoms with Crippen LogP contribution in [0.2, 0.25) is 0 Å². The third-order valence-electron chi connectivity index (χ3n) is 3.77. The van der Waals surface area contributed by atoms with Gasteiger partial charge in [-0.3, -0.25) is 9.59 Å². The second-order valence-electron chi connectivity index (χ2n) is 5.61. The van der Waals surface area contributed by atoms with E-state index in [2.05, 4.69) is 0 Å². The molecule has 1 heterocycles. The van der Waals surface area contributed by atoms with E-state index in [0.29, 0.717) is 13.1 Å². The van der Waals surface area contributed by atoms with Crippen LogP contribution >= 0.6 is 0 Å². The number of hydrogen-bond donors (Lipinski definition) is 1. The van der Waals surface area contributed by atoms with Gasteiger partial charge < -0.3 is 15.5 Å². The van der Waals surface area contributed by atoms with E-state index in [1.54, 1.807) is 9.80 Å². The molecule has 0 bridgehead atoms. The summed E-state index contributed by atoms with van der Waals surface area (Å²) in [5, 5.41) is 0. The van der Waals surface area contributed by atoms with Crippen molar-refractivity contribution in [1.29, 1.82) is 0 Å². The first-order chi connectivity index (χ1) is 10.0. The first-order valence-corrected chi connectivity index (χ1v) is 7.39. The zero-order valence-corrected chi connectivity index (χ0v) is 12.7. The van der Waals surface area contributed by atoms with E-state index < -0.39 is 0 Å². The van der Waals surface area contributed by atoms with Crippen molar-refractivity contribution < 1.29 is 9.59 Å². The Labute approximate surface area is 125 Å². The standard InChI is InChI=1S/C16H23N3O2/c1-3-8-18-10-16(21)19(11-15(18)20)9-14(17)13-6-4-12(2)5-7-13/h4-7,14H,3,8-11,17H2,1-2H3. The number of nitrogens with zero attached hydrogens (tertiary/aromatic N) is 2. The summed E-state index contributed by atoms with van der Waals surface area (Å²) in [7, 11) is 0. The van der Waals surface area contributed by atoms with Gasteiger partial charge >= 0.3 is 0 Å². The van der Waals surface area contributed by atoms with E-state index in [1.807, 2.05) is 38.1 Å². The van der Waals surface area contributed by atoms with Crippen molar-refractivity contribution in [3.63, 3.8) is 0 Å². The van der Waals surface area contributed by atoms with Crippen molar-refractivity contribution in [2.45, 2.75) is 26.3 Å². The Bertz CT molecular complexity index is 513. The van der Waals surface area contributed by atoms with Gasteiger partial charge in [0.25, 0.3) is 0 Å². The van der Waals surface area contributed by atoms with Gasteiger partial charge in [0.1, 0.15) is 0 Å². The molecule has 0 saturated carbocycles. The van der Waals surface area contributed by atoms with Crippen LogP contribution in [-0.2, 0) is 9.59 Å². The molecule has 1 aromatic rings. The molecule has 0 aliphatic carbocycles. The molecule has 1 fully saturated rings. The van der Waals surface area contributed by atoms with Gasteiger partial charge in [-0.1, -0.05) is 36.8 Å². The summed E-state index contributed by atoms with van der Waals surface area (Å²) in [5.74, 6) is -0.0156. The molecule has 1 aliphatic heterocycles. The fourth-order valence-corrected chi connectivity index (χ4v) is 2.50. The predicted molar refractivity (Wildman–Crippen MR) is 81.6 cm³/mol. The van der Waals surface area contributed by atoms with Gasteiger partial charge in [0.05, 0.1) is 13.1 Å². The summed E-state index contributed by atoms with van der Waals surface area (Å²) in [5.41, 5.74) is 8.31. The fourth-order valence-electron chi connectivity index (χ4n) is 2.50. The molecule has 0 spiro atoms. The highest BCUT2D eigenvalue weighted by molar-refractivity contribution is 5.92. The van der Waals surface area contributed by atoms with E-state index in [4.69, 9.17) is 5.73 Å². The molecule has 0 aromatic heterocycles.